The van der Waals surface area contributed by atoms with Crippen LogP contribution in [-0.4, -0.2) is 36.6 Å². The molecule has 1 fully saturated rings. The molecule has 2 aromatic carbocycles. The number of carbonyl (C=O) groups is 1. The summed E-state index contributed by atoms with van der Waals surface area (Å²) >= 11 is 0. The molecule has 5 heteroatoms. The number of nitrogens with one attached hydrogen (secondary N) is 2. The number of hydrogen-bond donors (Lipinski definition) is 2. The fraction of sp³-hybridized carbons (Fsp3) is 0.375. The summed E-state index contributed by atoms with van der Waals surface area (Å²) in [4.78, 5) is 18.0. The second kappa shape index (κ2) is 7.56. The Kier molecular flexibility index (Phi) is 4.76. The van der Waals surface area contributed by atoms with Crippen LogP contribution < -0.4 is 14.4 Å². The van der Waals surface area contributed by atoms with Crippen molar-refractivity contribution in [2.45, 2.75) is 38.3 Å². The number of Topliss-reactive ketones (excluding diaryl/α,β-unsaturated/α-hetero) is 1. The summed E-state index contributed by atoms with van der Waals surface area (Å²) in [5.74, 6) is 1.87. The minimum Gasteiger partial charge on any atom is -0.490 e. The fourth-order valence-corrected chi connectivity index (χ4v) is 4.84. The third-order valence-corrected chi connectivity index (χ3v) is 6.38. The number of likely N-dealkylation sites (tertiary alicyclic amines) is 1. The van der Waals surface area contributed by atoms with Crippen LogP contribution in [0.15, 0.2) is 48.7 Å². The first kappa shape index (κ1) is 18.3. The quantitative estimate of drug-likeness (QED) is 0.671. The van der Waals surface area contributed by atoms with Crippen LogP contribution in [0.5, 0.6) is 11.5 Å². The molecular weight excluding hydrogens is 364 g/mol. The molecule has 0 spiro atoms. The zero-order valence-corrected chi connectivity index (χ0v) is 16.7. The maximum Gasteiger partial charge on any atom is 0.221 e. The highest BCUT2D eigenvalue weighted by Gasteiger charge is 2.38. The number of fused-ring (bicyclic) bond motifs is 2. The largest absolute Gasteiger partial charge is 0.490 e. The minimum absolute atomic E-state index is 0.0994. The van der Waals surface area contributed by atoms with Crippen LogP contribution in [-0.2, 0) is 0 Å². The number of aromatic amines is 1. The Morgan fingerprint density at radius 2 is 1.93 bits per heavy atom. The summed E-state index contributed by atoms with van der Waals surface area (Å²) < 4.78 is 11.7. The lowest BCUT2D eigenvalue weighted by Gasteiger charge is -2.27. The number of hydrogen-bond acceptors (Lipinski definition) is 3. The van der Waals surface area contributed by atoms with Gasteiger partial charge in [-0.25, -0.2) is 0 Å². The van der Waals surface area contributed by atoms with Gasteiger partial charge in [-0.1, -0.05) is 18.2 Å². The average Bonchev–Trinajstić information content (AvgIpc) is 3.34. The molecule has 0 aliphatic carbocycles. The second-order valence-corrected chi connectivity index (χ2v) is 8.11. The number of aromatic nitrogens is 1. The molecule has 1 aromatic heterocycles. The monoisotopic (exact) mass is 391 g/mol. The van der Waals surface area contributed by atoms with Gasteiger partial charge in [0.2, 0.25) is 5.78 Å². The molecule has 5 nitrogen and oxygen atoms in total. The van der Waals surface area contributed by atoms with Gasteiger partial charge in [0.05, 0.1) is 19.8 Å². The topological polar surface area (TPSA) is 55.8 Å². The van der Waals surface area contributed by atoms with Crippen molar-refractivity contribution < 1.29 is 19.2 Å². The third kappa shape index (κ3) is 3.29. The van der Waals surface area contributed by atoms with E-state index in [-0.39, 0.29) is 11.8 Å². The molecule has 0 amide bonds. The lowest BCUT2D eigenvalue weighted by molar-refractivity contribution is -0.931. The average molecular weight is 391 g/mol. The van der Waals surface area contributed by atoms with E-state index in [0.717, 1.165) is 53.8 Å². The molecular formula is C24H27N2O3+. The van der Waals surface area contributed by atoms with Crippen LogP contribution >= 0.6 is 0 Å². The lowest BCUT2D eigenvalue weighted by atomic mass is 9.99. The molecule has 3 aromatic rings. The molecule has 29 heavy (non-hydrogen) atoms. The smallest absolute Gasteiger partial charge is 0.221 e. The number of para-hydroxylation sites is 1. The van der Waals surface area contributed by atoms with Crippen LogP contribution in [0.25, 0.3) is 10.9 Å². The Balaban J connectivity index is 1.42. The molecule has 3 atom stereocenters. The summed E-state index contributed by atoms with van der Waals surface area (Å²) in [5, 5.41) is 1.01. The Morgan fingerprint density at radius 1 is 1.10 bits per heavy atom. The SMILES string of the molecule is C[C@@H](C(=O)c1c[nH]c2ccccc12)[NH+]1CCC[C@@H]1c1ccc2c(c1)OCCCO2. The van der Waals surface area contributed by atoms with Crippen molar-refractivity contribution in [3.8, 4) is 11.5 Å². The van der Waals surface area contributed by atoms with Crippen molar-refractivity contribution in [3.05, 3.63) is 59.8 Å². The molecule has 0 radical (unpaired) electrons. The van der Waals surface area contributed by atoms with Crippen molar-refractivity contribution in [2.75, 3.05) is 19.8 Å². The number of rotatable bonds is 4. The van der Waals surface area contributed by atoms with Crippen LogP contribution in [0.3, 0.4) is 0 Å². The summed E-state index contributed by atoms with van der Waals surface area (Å²) in [6.45, 7) is 4.46. The number of ketones is 1. The van der Waals surface area contributed by atoms with E-state index in [1.165, 1.54) is 10.5 Å². The van der Waals surface area contributed by atoms with Crippen molar-refractivity contribution in [1.29, 1.82) is 0 Å². The Hall–Kier alpha value is -2.79. The van der Waals surface area contributed by atoms with E-state index in [4.69, 9.17) is 9.47 Å². The fourth-order valence-electron chi connectivity index (χ4n) is 4.84. The Bertz CT molecular complexity index is 1040. The molecule has 3 heterocycles. The number of quaternary nitrogens is 1. The Labute approximate surface area is 170 Å². The second-order valence-electron chi connectivity index (χ2n) is 8.11. The molecule has 0 bridgehead atoms. The number of ether oxygens (including phenoxy) is 2. The van der Waals surface area contributed by atoms with E-state index in [2.05, 4.69) is 24.0 Å². The van der Waals surface area contributed by atoms with Crippen LogP contribution in [0.1, 0.15) is 48.1 Å². The number of benzene rings is 2. The number of carbonyl (C=O) groups excluding carboxylic acids is 1. The van der Waals surface area contributed by atoms with Gasteiger partial charge in [-0.05, 0) is 31.2 Å². The van der Waals surface area contributed by atoms with Gasteiger partial charge in [-0.3, -0.25) is 4.79 Å². The predicted octanol–water partition coefficient (Wildman–Crippen LogP) is 3.32. The van der Waals surface area contributed by atoms with Crippen molar-refractivity contribution in [3.63, 3.8) is 0 Å². The molecule has 1 unspecified atom stereocenters. The molecule has 1 saturated heterocycles. The molecule has 0 saturated carbocycles. The van der Waals surface area contributed by atoms with Gasteiger partial charge in [0.25, 0.3) is 0 Å². The summed E-state index contributed by atoms with van der Waals surface area (Å²) in [7, 11) is 0. The van der Waals surface area contributed by atoms with Crippen LogP contribution in [0.4, 0.5) is 0 Å². The van der Waals surface area contributed by atoms with Gasteiger partial charge in [0.15, 0.2) is 11.5 Å². The van der Waals surface area contributed by atoms with Gasteiger partial charge < -0.3 is 19.4 Å². The van der Waals surface area contributed by atoms with Gasteiger partial charge >= 0.3 is 0 Å². The molecule has 2 N–H and O–H groups in total. The van der Waals surface area contributed by atoms with Gasteiger partial charge in [0, 0.05) is 47.5 Å². The first-order valence-electron chi connectivity index (χ1n) is 10.6. The summed E-state index contributed by atoms with van der Waals surface area (Å²) in [6.07, 6.45) is 4.98. The Morgan fingerprint density at radius 3 is 2.83 bits per heavy atom. The van der Waals surface area contributed by atoms with Crippen LogP contribution in [0, 0.1) is 0 Å². The van der Waals surface area contributed by atoms with Crippen LogP contribution in [0.2, 0.25) is 0 Å². The first-order valence-corrected chi connectivity index (χ1v) is 10.6. The standard InChI is InChI=1S/C24H26N2O3/c1-16(24(27)19-15-25-20-7-3-2-6-18(19)20)26-11-4-8-21(26)17-9-10-22-23(14-17)29-13-5-12-28-22/h2-3,6-7,9-10,14-16,21,25H,4-5,8,11-13H2,1H3/p+1/t16-,21+/m0/s1. The van der Waals surface area contributed by atoms with E-state index in [0.29, 0.717) is 19.3 Å². The normalized spacial score (nSPS) is 22.4. The van der Waals surface area contributed by atoms with E-state index >= 15 is 0 Å². The zero-order chi connectivity index (χ0) is 19.8. The highest BCUT2D eigenvalue weighted by molar-refractivity contribution is 6.09. The highest BCUT2D eigenvalue weighted by atomic mass is 16.5. The van der Waals surface area contributed by atoms with E-state index in [9.17, 15) is 4.79 Å². The molecule has 2 aliphatic rings. The van der Waals surface area contributed by atoms with E-state index < -0.39 is 0 Å². The third-order valence-electron chi connectivity index (χ3n) is 6.38. The van der Waals surface area contributed by atoms with Crippen molar-refractivity contribution in [2.24, 2.45) is 0 Å². The van der Waals surface area contributed by atoms with Crippen molar-refractivity contribution >= 4 is 16.7 Å². The highest BCUT2D eigenvalue weighted by Crippen LogP contribution is 2.33. The zero-order valence-electron chi connectivity index (χ0n) is 16.7. The maximum absolute atomic E-state index is 13.4. The van der Waals surface area contributed by atoms with E-state index in [1.54, 1.807) is 0 Å². The first-order chi connectivity index (χ1) is 14.2. The number of H-pyrrole nitrogens is 1. The van der Waals surface area contributed by atoms with Gasteiger partial charge in [0.1, 0.15) is 12.1 Å². The molecule has 150 valence electrons. The lowest BCUT2D eigenvalue weighted by Crippen LogP contribution is -3.14. The summed E-state index contributed by atoms with van der Waals surface area (Å²) in [6, 6.07) is 14.5. The summed E-state index contributed by atoms with van der Waals surface area (Å²) in [5.41, 5.74) is 3.05. The van der Waals surface area contributed by atoms with Gasteiger partial charge in [-0.2, -0.15) is 0 Å². The molecule has 5 rings (SSSR count). The molecule has 2 aliphatic heterocycles. The van der Waals surface area contributed by atoms with E-state index in [1.807, 2.05) is 36.5 Å². The minimum atomic E-state index is -0.0994. The predicted molar refractivity (Wildman–Crippen MR) is 112 cm³/mol. The maximum atomic E-state index is 13.4. The van der Waals surface area contributed by atoms with Crippen molar-refractivity contribution in [1.82, 2.24) is 4.98 Å². The van der Waals surface area contributed by atoms with Gasteiger partial charge in [-0.15, -0.1) is 0 Å².